The minimum Gasteiger partial charge on any atom is -0.435 e. The lowest BCUT2D eigenvalue weighted by atomic mass is 10.0. The van der Waals surface area contributed by atoms with Gasteiger partial charge in [-0.05, 0) is 79.4 Å². The molecule has 9 nitrogen and oxygen atoms in total. The van der Waals surface area contributed by atoms with Crippen LogP contribution in [0.2, 0.25) is 10.0 Å². The first-order valence-corrected chi connectivity index (χ1v) is 15.1. The monoisotopic (exact) mass is 665 g/mol. The van der Waals surface area contributed by atoms with Gasteiger partial charge in [-0.25, -0.2) is 4.52 Å². The number of nitrogens with one attached hydrogen (secondary N) is 1. The second kappa shape index (κ2) is 12.9. The Hall–Kier alpha value is -4.74. The van der Waals surface area contributed by atoms with E-state index in [1.165, 1.54) is 18.2 Å². The molecule has 46 heavy (non-hydrogen) atoms. The third-order valence-corrected chi connectivity index (χ3v) is 8.71. The van der Waals surface area contributed by atoms with E-state index in [2.05, 4.69) is 15.2 Å². The van der Waals surface area contributed by atoms with Gasteiger partial charge in [-0.15, -0.1) is 0 Å². The molecule has 0 spiro atoms. The van der Waals surface area contributed by atoms with Gasteiger partial charge in [-0.2, -0.15) is 13.9 Å². The Bertz CT molecular complexity index is 2010. The summed E-state index contributed by atoms with van der Waals surface area (Å²) in [5, 5.41) is 7.88. The molecule has 0 fully saturated rings. The maximum absolute atomic E-state index is 14.2. The van der Waals surface area contributed by atoms with Crippen LogP contribution in [-0.2, 0) is 25.8 Å². The molecule has 1 N–H and O–H groups in total. The van der Waals surface area contributed by atoms with Crippen molar-refractivity contribution in [2.45, 2.75) is 32.4 Å². The van der Waals surface area contributed by atoms with E-state index in [1.807, 2.05) is 0 Å². The van der Waals surface area contributed by atoms with Gasteiger partial charge in [-0.1, -0.05) is 35.3 Å². The molecule has 0 aliphatic carbocycles. The third kappa shape index (κ3) is 6.08. The summed E-state index contributed by atoms with van der Waals surface area (Å²) < 4.78 is 32.9. The first-order chi connectivity index (χ1) is 22.1. The Morgan fingerprint density at radius 1 is 0.978 bits per heavy atom. The highest BCUT2D eigenvalue weighted by molar-refractivity contribution is 6.42. The number of benzene rings is 3. The van der Waals surface area contributed by atoms with Gasteiger partial charge in [0, 0.05) is 35.8 Å². The summed E-state index contributed by atoms with van der Waals surface area (Å²) >= 11 is 12.2. The molecule has 0 radical (unpaired) electrons. The number of amides is 2. The van der Waals surface area contributed by atoms with Gasteiger partial charge in [0.15, 0.2) is 0 Å². The molecule has 0 saturated heterocycles. The summed E-state index contributed by atoms with van der Waals surface area (Å²) in [6, 6.07) is 17.8. The fourth-order valence-electron chi connectivity index (χ4n) is 5.64. The third-order valence-electron chi connectivity index (χ3n) is 7.97. The molecule has 3 heterocycles. The summed E-state index contributed by atoms with van der Waals surface area (Å²) in [4.78, 5) is 41.5. The SMILES string of the molecule is CNC(=O)c1ccc(-n2c(=O)c3c(n4ncc(CCc5ccc(OC(F)F)cc5)c24)CN(C(=O)c2ccc(Cl)c(Cl)c2)CC3)cc1. The van der Waals surface area contributed by atoms with Crippen LogP contribution < -0.4 is 15.6 Å². The fourth-order valence-corrected chi connectivity index (χ4v) is 5.94. The van der Waals surface area contributed by atoms with Gasteiger partial charge < -0.3 is 15.0 Å². The molecule has 0 unspecified atom stereocenters. The van der Waals surface area contributed by atoms with E-state index < -0.39 is 6.61 Å². The average Bonchev–Trinajstić information content (AvgIpc) is 3.48. The summed E-state index contributed by atoms with van der Waals surface area (Å²) in [7, 11) is 1.54. The molecular weight excluding hydrogens is 639 g/mol. The summed E-state index contributed by atoms with van der Waals surface area (Å²) in [6.45, 7) is -2.46. The largest absolute Gasteiger partial charge is 0.435 e. The van der Waals surface area contributed by atoms with Crippen molar-refractivity contribution in [1.29, 1.82) is 0 Å². The van der Waals surface area contributed by atoms with Gasteiger partial charge in [0.2, 0.25) is 0 Å². The molecule has 0 bridgehead atoms. The Morgan fingerprint density at radius 2 is 1.70 bits per heavy atom. The number of hydrogen-bond acceptors (Lipinski definition) is 5. The number of carbonyl (C=O) groups is 2. The van der Waals surface area contributed by atoms with Gasteiger partial charge in [0.25, 0.3) is 17.4 Å². The Morgan fingerprint density at radius 3 is 2.37 bits per heavy atom. The molecular formula is C33H27Cl2F2N5O4. The second-order valence-corrected chi connectivity index (χ2v) is 11.5. The average molecular weight is 667 g/mol. The van der Waals surface area contributed by atoms with Gasteiger partial charge in [-0.3, -0.25) is 19.0 Å². The molecule has 2 aromatic heterocycles. The van der Waals surface area contributed by atoms with Crippen LogP contribution in [0, 0.1) is 0 Å². The zero-order valence-electron chi connectivity index (χ0n) is 24.5. The van der Waals surface area contributed by atoms with E-state index in [0.29, 0.717) is 64.5 Å². The molecule has 1 aliphatic heterocycles. The molecule has 3 aromatic carbocycles. The van der Waals surface area contributed by atoms with Crippen molar-refractivity contribution in [3.8, 4) is 11.4 Å². The van der Waals surface area contributed by atoms with Crippen LogP contribution in [0.15, 0.2) is 77.7 Å². The summed E-state index contributed by atoms with van der Waals surface area (Å²) in [5.41, 5.74) is 4.42. The number of halogens is 4. The topological polar surface area (TPSA) is 97.9 Å². The van der Waals surface area contributed by atoms with E-state index in [4.69, 9.17) is 23.2 Å². The lowest BCUT2D eigenvalue weighted by Gasteiger charge is -2.30. The Labute approximate surface area is 271 Å². The van der Waals surface area contributed by atoms with E-state index in [1.54, 1.807) is 75.8 Å². The van der Waals surface area contributed by atoms with Gasteiger partial charge >= 0.3 is 6.61 Å². The zero-order chi connectivity index (χ0) is 32.5. The zero-order valence-corrected chi connectivity index (χ0v) is 26.0. The van der Waals surface area contributed by atoms with Crippen LogP contribution in [0.4, 0.5) is 8.78 Å². The summed E-state index contributed by atoms with van der Waals surface area (Å²) in [5.74, 6) is -0.440. The van der Waals surface area contributed by atoms with Gasteiger partial charge in [0.1, 0.15) is 11.4 Å². The minimum absolute atomic E-state index is 0.0652. The van der Waals surface area contributed by atoms with Crippen LogP contribution >= 0.6 is 23.2 Å². The smallest absolute Gasteiger partial charge is 0.387 e. The van der Waals surface area contributed by atoms with E-state index in [9.17, 15) is 23.2 Å². The molecule has 0 atom stereocenters. The molecule has 0 saturated carbocycles. The number of ether oxygens (including phenoxy) is 1. The highest BCUT2D eigenvalue weighted by atomic mass is 35.5. The molecule has 2 amide bonds. The lowest BCUT2D eigenvalue weighted by Crippen LogP contribution is -2.41. The maximum atomic E-state index is 14.2. The fraction of sp³-hybridized carbons (Fsp3) is 0.212. The number of alkyl halides is 2. The van der Waals surface area contributed by atoms with Crippen LogP contribution in [-0.4, -0.2) is 51.1 Å². The van der Waals surface area contributed by atoms with Crippen molar-refractivity contribution in [3.05, 3.63) is 127 Å². The van der Waals surface area contributed by atoms with Crippen LogP contribution in [0.25, 0.3) is 11.3 Å². The van der Waals surface area contributed by atoms with E-state index in [-0.39, 0.29) is 34.7 Å². The number of carbonyl (C=O) groups excluding carboxylic acids is 2. The van der Waals surface area contributed by atoms with Crippen molar-refractivity contribution in [1.82, 2.24) is 24.4 Å². The maximum Gasteiger partial charge on any atom is 0.387 e. The van der Waals surface area contributed by atoms with Crippen LogP contribution in [0.1, 0.15) is 43.1 Å². The highest BCUT2D eigenvalue weighted by Gasteiger charge is 2.29. The number of aromatic nitrogens is 3. The van der Waals surface area contributed by atoms with Crippen molar-refractivity contribution in [3.63, 3.8) is 0 Å². The van der Waals surface area contributed by atoms with Crippen molar-refractivity contribution in [2.24, 2.45) is 0 Å². The first-order valence-electron chi connectivity index (χ1n) is 14.4. The quantitative estimate of drug-likeness (QED) is 0.228. The van der Waals surface area contributed by atoms with Crippen molar-refractivity contribution < 1.29 is 23.1 Å². The van der Waals surface area contributed by atoms with Crippen molar-refractivity contribution >= 4 is 40.7 Å². The predicted octanol–water partition coefficient (Wildman–Crippen LogP) is 5.74. The highest BCUT2D eigenvalue weighted by Crippen LogP contribution is 2.27. The normalized spacial score (nSPS) is 12.8. The van der Waals surface area contributed by atoms with Crippen LogP contribution in [0.5, 0.6) is 5.75 Å². The summed E-state index contributed by atoms with van der Waals surface area (Å²) in [6.07, 6.45) is 2.99. The molecule has 13 heteroatoms. The van der Waals surface area contributed by atoms with Gasteiger partial charge in [0.05, 0.1) is 34.2 Å². The van der Waals surface area contributed by atoms with E-state index in [0.717, 1.165) is 11.1 Å². The van der Waals surface area contributed by atoms with Crippen molar-refractivity contribution in [2.75, 3.05) is 13.6 Å². The lowest BCUT2D eigenvalue weighted by molar-refractivity contribution is -0.0498. The van der Waals surface area contributed by atoms with Crippen LogP contribution in [0.3, 0.4) is 0 Å². The Kier molecular flexibility index (Phi) is 8.79. The first kappa shape index (κ1) is 31.3. The number of nitrogens with zero attached hydrogens (tertiary/aromatic N) is 4. The standard InChI is InChI=1S/C33H27Cl2F2N5O4/c1-38-29(43)20-6-9-23(10-7-20)41-30-22(5-2-19-3-11-24(12-4-19)46-33(36)37)17-39-42(30)28-18-40(15-14-25(28)32(41)45)31(44)21-8-13-26(34)27(35)16-21/h3-4,6-13,16-17,33H,2,5,14-15,18H2,1H3,(H,38,43). The number of fused-ring (bicyclic) bond motifs is 3. The Balaban J connectivity index is 1.40. The minimum atomic E-state index is -2.91. The number of aryl methyl sites for hydroxylation is 2. The molecule has 5 aromatic rings. The number of rotatable bonds is 8. The predicted molar refractivity (Wildman–Crippen MR) is 170 cm³/mol. The second-order valence-electron chi connectivity index (χ2n) is 10.7. The van der Waals surface area contributed by atoms with E-state index >= 15 is 0 Å². The molecule has 1 aliphatic rings. The molecule has 236 valence electrons. The molecule has 6 rings (SSSR count). The number of hydrogen-bond donors (Lipinski definition) is 1.